The van der Waals surface area contributed by atoms with Gasteiger partial charge >= 0.3 is 0 Å². The maximum Gasteiger partial charge on any atom is 0.173 e. The first-order valence-electron chi connectivity index (χ1n) is 7.16. The van der Waals surface area contributed by atoms with Crippen molar-refractivity contribution in [2.24, 2.45) is 10.9 Å². The molecule has 6 heteroatoms. The zero-order chi connectivity index (χ0) is 15.2. The van der Waals surface area contributed by atoms with Crippen LogP contribution in [0.25, 0.3) is 0 Å². The van der Waals surface area contributed by atoms with Crippen molar-refractivity contribution in [3.63, 3.8) is 0 Å². The van der Waals surface area contributed by atoms with Crippen molar-refractivity contribution in [1.82, 2.24) is 4.90 Å². The van der Waals surface area contributed by atoms with Gasteiger partial charge in [0.05, 0.1) is 25.4 Å². The molecule has 0 spiro atoms. The second kappa shape index (κ2) is 7.28. The van der Waals surface area contributed by atoms with Crippen LogP contribution >= 0.6 is 0 Å². The van der Waals surface area contributed by atoms with E-state index >= 15 is 0 Å². The van der Waals surface area contributed by atoms with Crippen molar-refractivity contribution in [3.8, 4) is 5.75 Å². The molecule has 1 unspecified atom stereocenters. The normalized spacial score (nSPS) is 20.5. The minimum atomic E-state index is 0.0575. The maximum atomic E-state index is 8.87. The first kappa shape index (κ1) is 15.6. The summed E-state index contributed by atoms with van der Waals surface area (Å²) in [6.45, 7) is 5.57. The summed E-state index contributed by atoms with van der Waals surface area (Å²) in [4.78, 5) is 2.36. The lowest BCUT2D eigenvalue weighted by atomic mass is 10.1. The molecular weight excluding hydrogens is 270 g/mol. The van der Waals surface area contributed by atoms with E-state index in [4.69, 9.17) is 20.4 Å². The zero-order valence-corrected chi connectivity index (χ0v) is 12.6. The van der Waals surface area contributed by atoms with E-state index in [1.165, 1.54) is 0 Å². The monoisotopic (exact) mass is 293 g/mol. The molecule has 1 heterocycles. The smallest absolute Gasteiger partial charge is 0.173 e. The molecule has 0 aromatic heterocycles. The number of rotatable bonds is 5. The Morgan fingerprint density at radius 1 is 1.57 bits per heavy atom. The molecule has 1 fully saturated rings. The fourth-order valence-electron chi connectivity index (χ4n) is 2.54. The standard InChI is InChI=1S/C15H23N3O3/c1-3-12-10-18(6-7-21-12)9-11-4-5-14(20-2)13(8-11)15(16)17-19/h4-5,8,12,19H,3,6-7,9-10H2,1-2H3,(H2,16,17). The lowest BCUT2D eigenvalue weighted by Crippen LogP contribution is -2.41. The van der Waals surface area contributed by atoms with Gasteiger partial charge in [0, 0.05) is 19.6 Å². The Labute approximate surface area is 125 Å². The summed E-state index contributed by atoms with van der Waals surface area (Å²) in [5, 5.41) is 11.9. The minimum Gasteiger partial charge on any atom is -0.496 e. The lowest BCUT2D eigenvalue weighted by molar-refractivity contribution is -0.0324. The topological polar surface area (TPSA) is 80.3 Å². The molecule has 1 atom stereocenters. The van der Waals surface area contributed by atoms with E-state index in [9.17, 15) is 0 Å². The number of hydrogen-bond acceptors (Lipinski definition) is 5. The molecule has 1 saturated heterocycles. The van der Waals surface area contributed by atoms with Crippen molar-refractivity contribution >= 4 is 5.84 Å². The third-order valence-corrected chi connectivity index (χ3v) is 3.73. The Hall–Kier alpha value is -1.79. The highest BCUT2D eigenvalue weighted by atomic mass is 16.5. The van der Waals surface area contributed by atoms with Crippen molar-refractivity contribution in [1.29, 1.82) is 0 Å². The number of benzene rings is 1. The molecule has 6 nitrogen and oxygen atoms in total. The molecule has 1 aromatic rings. The molecule has 2 rings (SSSR count). The van der Waals surface area contributed by atoms with Gasteiger partial charge in [-0.3, -0.25) is 4.90 Å². The van der Waals surface area contributed by atoms with Crippen LogP contribution < -0.4 is 10.5 Å². The van der Waals surface area contributed by atoms with Crippen molar-refractivity contribution < 1.29 is 14.7 Å². The SMILES string of the molecule is CCC1CN(Cc2ccc(OC)c(C(N)=NO)c2)CCO1. The Kier molecular flexibility index (Phi) is 5.41. The van der Waals surface area contributed by atoms with Crippen LogP contribution in [0.3, 0.4) is 0 Å². The predicted octanol–water partition coefficient (Wildman–Crippen LogP) is 1.40. The van der Waals surface area contributed by atoms with Gasteiger partial charge in [0.15, 0.2) is 5.84 Å². The quantitative estimate of drug-likeness (QED) is 0.371. The molecule has 21 heavy (non-hydrogen) atoms. The summed E-state index contributed by atoms with van der Waals surface area (Å²) in [5.74, 6) is 0.657. The summed E-state index contributed by atoms with van der Waals surface area (Å²) in [7, 11) is 1.57. The van der Waals surface area contributed by atoms with Gasteiger partial charge in [-0.1, -0.05) is 18.1 Å². The van der Waals surface area contributed by atoms with Crippen molar-refractivity contribution in [2.45, 2.75) is 26.0 Å². The van der Waals surface area contributed by atoms with Crippen LogP contribution in [0.15, 0.2) is 23.4 Å². The maximum absolute atomic E-state index is 8.87. The largest absolute Gasteiger partial charge is 0.496 e. The van der Waals surface area contributed by atoms with Gasteiger partial charge in [0.2, 0.25) is 0 Å². The van der Waals surface area contributed by atoms with Crippen LogP contribution in [-0.4, -0.2) is 48.9 Å². The molecular formula is C15H23N3O3. The Morgan fingerprint density at radius 3 is 3.05 bits per heavy atom. The molecule has 1 aromatic carbocycles. The second-order valence-corrected chi connectivity index (χ2v) is 5.16. The number of oxime groups is 1. The van der Waals surface area contributed by atoms with Gasteiger partial charge in [0.25, 0.3) is 0 Å². The van der Waals surface area contributed by atoms with Gasteiger partial charge in [-0.05, 0) is 24.1 Å². The summed E-state index contributed by atoms with van der Waals surface area (Å²) >= 11 is 0. The lowest BCUT2D eigenvalue weighted by Gasteiger charge is -2.32. The molecule has 0 radical (unpaired) electrons. The van der Waals surface area contributed by atoms with Crippen LogP contribution in [0, 0.1) is 0 Å². The average Bonchev–Trinajstić information content (AvgIpc) is 2.54. The van der Waals surface area contributed by atoms with Crippen LogP contribution in [0.2, 0.25) is 0 Å². The van der Waals surface area contributed by atoms with E-state index in [0.29, 0.717) is 17.4 Å². The molecule has 0 amide bonds. The highest BCUT2D eigenvalue weighted by molar-refractivity contribution is 5.99. The van der Waals surface area contributed by atoms with E-state index in [-0.39, 0.29) is 5.84 Å². The minimum absolute atomic E-state index is 0.0575. The average molecular weight is 293 g/mol. The number of nitrogens with zero attached hydrogens (tertiary/aromatic N) is 2. The first-order chi connectivity index (χ1) is 10.2. The molecule has 1 aliphatic heterocycles. The Morgan fingerprint density at radius 2 is 2.38 bits per heavy atom. The third kappa shape index (κ3) is 3.86. The summed E-state index contributed by atoms with van der Waals surface area (Å²) in [5.41, 5.74) is 7.42. The fraction of sp³-hybridized carbons (Fsp3) is 0.533. The molecule has 0 bridgehead atoms. The van der Waals surface area contributed by atoms with Crippen LogP contribution in [0.4, 0.5) is 0 Å². The second-order valence-electron chi connectivity index (χ2n) is 5.16. The van der Waals surface area contributed by atoms with E-state index in [1.807, 2.05) is 18.2 Å². The van der Waals surface area contributed by atoms with Crippen molar-refractivity contribution in [2.75, 3.05) is 26.8 Å². The Bertz CT molecular complexity index is 505. The first-order valence-corrected chi connectivity index (χ1v) is 7.16. The molecule has 116 valence electrons. The fourth-order valence-corrected chi connectivity index (χ4v) is 2.54. The molecule has 1 aliphatic rings. The van der Waals surface area contributed by atoms with Crippen molar-refractivity contribution in [3.05, 3.63) is 29.3 Å². The van der Waals surface area contributed by atoms with Crippen LogP contribution in [-0.2, 0) is 11.3 Å². The summed E-state index contributed by atoms with van der Waals surface area (Å²) in [6, 6.07) is 5.76. The summed E-state index contributed by atoms with van der Waals surface area (Å²) in [6.07, 6.45) is 1.33. The van der Waals surface area contributed by atoms with Crippen LogP contribution in [0.1, 0.15) is 24.5 Å². The predicted molar refractivity (Wildman–Crippen MR) is 80.8 cm³/mol. The summed E-state index contributed by atoms with van der Waals surface area (Å²) < 4.78 is 10.9. The van der Waals surface area contributed by atoms with Gasteiger partial charge < -0.3 is 20.4 Å². The van der Waals surface area contributed by atoms with E-state index in [0.717, 1.165) is 38.2 Å². The number of morpholine rings is 1. The van der Waals surface area contributed by atoms with E-state index < -0.39 is 0 Å². The number of ether oxygens (including phenoxy) is 2. The van der Waals surface area contributed by atoms with E-state index in [1.54, 1.807) is 7.11 Å². The Balaban J connectivity index is 2.13. The van der Waals surface area contributed by atoms with Gasteiger partial charge in [0.1, 0.15) is 5.75 Å². The van der Waals surface area contributed by atoms with Gasteiger partial charge in [-0.2, -0.15) is 0 Å². The van der Waals surface area contributed by atoms with Gasteiger partial charge in [-0.15, -0.1) is 0 Å². The van der Waals surface area contributed by atoms with E-state index in [2.05, 4.69) is 17.0 Å². The highest BCUT2D eigenvalue weighted by Crippen LogP contribution is 2.21. The number of methoxy groups -OCH3 is 1. The third-order valence-electron chi connectivity index (χ3n) is 3.73. The van der Waals surface area contributed by atoms with Gasteiger partial charge in [-0.25, -0.2) is 0 Å². The molecule has 0 saturated carbocycles. The highest BCUT2D eigenvalue weighted by Gasteiger charge is 2.19. The number of hydrogen-bond donors (Lipinski definition) is 2. The number of amidine groups is 1. The molecule has 0 aliphatic carbocycles. The number of nitrogens with two attached hydrogens (primary N) is 1. The van der Waals surface area contributed by atoms with Crippen LogP contribution in [0.5, 0.6) is 5.75 Å². The zero-order valence-electron chi connectivity index (χ0n) is 12.6. The molecule has 3 N–H and O–H groups in total.